The van der Waals surface area contributed by atoms with Gasteiger partial charge in [-0.2, -0.15) is 4.98 Å². The highest BCUT2D eigenvalue weighted by atomic mass is 16.5. The number of hydrogen-bond acceptors (Lipinski definition) is 5. The van der Waals surface area contributed by atoms with Gasteiger partial charge in [-0.05, 0) is 30.9 Å². The molecule has 0 aliphatic heterocycles. The Morgan fingerprint density at radius 3 is 2.64 bits per heavy atom. The lowest BCUT2D eigenvalue weighted by Gasteiger charge is -2.18. The average Bonchev–Trinajstić information content (AvgIpc) is 3.27. The van der Waals surface area contributed by atoms with E-state index in [0.29, 0.717) is 36.9 Å². The number of imidazole rings is 1. The third-order valence-corrected chi connectivity index (χ3v) is 4.57. The molecule has 0 spiro atoms. The standard InChI is InChI=1S/C21H29N5O2/c1-13(2)12-17(21-23-15-8-5-6-9-16(15)24-21)22-18(27)10-7-11-19-25-20(14(3)4)26-28-19/h5-6,8-9,13-14,17H,7,10-12H2,1-4H3,(H,22,27)(H,23,24). The van der Waals surface area contributed by atoms with Crippen molar-refractivity contribution in [2.75, 3.05) is 0 Å². The van der Waals surface area contributed by atoms with Crippen LogP contribution in [0, 0.1) is 5.92 Å². The molecule has 0 bridgehead atoms. The lowest BCUT2D eigenvalue weighted by molar-refractivity contribution is -0.122. The molecule has 7 heteroatoms. The van der Waals surface area contributed by atoms with Gasteiger partial charge in [0.15, 0.2) is 5.82 Å². The fourth-order valence-electron chi connectivity index (χ4n) is 3.12. The van der Waals surface area contributed by atoms with Crippen LogP contribution in [0.25, 0.3) is 11.0 Å². The molecule has 2 aromatic heterocycles. The van der Waals surface area contributed by atoms with Crippen LogP contribution in [0.1, 0.15) is 76.5 Å². The highest BCUT2D eigenvalue weighted by Crippen LogP contribution is 2.22. The second kappa shape index (κ2) is 8.99. The van der Waals surface area contributed by atoms with Crippen LogP contribution in [0.3, 0.4) is 0 Å². The van der Waals surface area contributed by atoms with Crippen molar-refractivity contribution < 1.29 is 9.32 Å². The number of rotatable bonds is 9. The highest BCUT2D eigenvalue weighted by molar-refractivity contribution is 5.77. The van der Waals surface area contributed by atoms with Gasteiger partial charge in [-0.15, -0.1) is 0 Å². The van der Waals surface area contributed by atoms with E-state index in [0.717, 1.165) is 23.3 Å². The molecule has 2 N–H and O–H groups in total. The Morgan fingerprint density at radius 1 is 1.18 bits per heavy atom. The van der Waals surface area contributed by atoms with Crippen LogP contribution >= 0.6 is 0 Å². The molecule has 1 atom stereocenters. The predicted octanol–water partition coefficient (Wildman–Crippen LogP) is 4.30. The molecule has 150 valence electrons. The van der Waals surface area contributed by atoms with Crippen molar-refractivity contribution >= 4 is 16.9 Å². The van der Waals surface area contributed by atoms with E-state index in [4.69, 9.17) is 4.52 Å². The van der Waals surface area contributed by atoms with Crippen molar-refractivity contribution in [3.05, 3.63) is 41.8 Å². The molecule has 0 radical (unpaired) electrons. The van der Waals surface area contributed by atoms with E-state index < -0.39 is 0 Å². The number of carbonyl (C=O) groups is 1. The zero-order valence-electron chi connectivity index (χ0n) is 17.0. The average molecular weight is 383 g/mol. The van der Waals surface area contributed by atoms with Gasteiger partial charge in [0.05, 0.1) is 17.1 Å². The summed E-state index contributed by atoms with van der Waals surface area (Å²) in [4.78, 5) is 24.9. The van der Waals surface area contributed by atoms with Gasteiger partial charge in [0.1, 0.15) is 5.82 Å². The molecule has 7 nitrogen and oxygen atoms in total. The van der Waals surface area contributed by atoms with Crippen molar-refractivity contribution in [3.63, 3.8) is 0 Å². The Bertz CT molecular complexity index is 879. The smallest absolute Gasteiger partial charge is 0.226 e. The number of para-hydroxylation sites is 2. The molecule has 0 saturated heterocycles. The Hall–Kier alpha value is -2.70. The maximum absolute atomic E-state index is 12.5. The fourth-order valence-corrected chi connectivity index (χ4v) is 3.12. The van der Waals surface area contributed by atoms with Gasteiger partial charge in [-0.1, -0.05) is 45.0 Å². The van der Waals surface area contributed by atoms with Gasteiger partial charge in [-0.25, -0.2) is 4.98 Å². The third kappa shape index (κ3) is 5.18. The van der Waals surface area contributed by atoms with Crippen LogP contribution in [0.15, 0.2) is 28.8 Å². The number of aromatic nitrogens is 4. The maximum atomic E-state index is 12.5. The van der Waals surface area contributed by atoms with E-state index in [1.165, 1.54) is 0 Å². The van der Waals surface area contributed by atoms with E-state index in [-0.39, 0.29) is 17.9 Å². The summed E-state index contributed by atoms with van der Waals surface area (Å²) < 4.78 is 5.24. The first-order valence-corrected chi connectivity index (χ1v) is 9.99. The topological polar surface area (TPSA) is 96.7 Å². The minimum Gasteiger partial charge on any atom is -0.346 e. The minimum atomic E-state index is -0.129. The number of carbonyl (C=O) groups excluding carboxylic acids is 1. The molecule has 0 aliphatic carbocycles. The van der Waals surface area contributed by atoms with Crippen molar-refractivity contribution in [1.29, 1.82) is 0 Å². The van der Waals surface area contributed by atoms with Crippen molar-refractivity contribution in [1.82, 2.24) is 25.4 Å². The van der Waals surface area contributed by atoms with E-state index >= 15 is 0 Å². The van der Waals surface area contributed by atoms with Gasteiger partial charge >= 0.3 is 0 Å². The highest BCUT2D eigenvalue weighted by Gasteiger charge is 2.20. The SMILES string of the molecule is CC(C)CC(NC(=O)CCCc1nc(C(C)C)no1)c1nc2ccccc2[nH]1. The Balaban J connectivity index is 1.58. The normalized spacial score (nSPS) is 12.8. The van der Waals surface area contributed by atoms with Crippen LogP contribution in [0.5, 0.6) is 0 Å². The molecule has 3 rings (SSSR count). The first-order chi connectivity index (χ1) is 13.4. The minimum absolute atomic E-state index is 0.00899. The number of hydrogen-bond donors (Lipinski definition) is 2. The lowest BCUT2D eigenvalue weighted by atomic mass is 10.0. The summed E-state index contributed by atoms with van der Waals surface area (Å²) in [7, 11) is 0. The molecular formula is C21H29N5O2. The summed E-state index contributed by atoms with van der Waals surface area (Å²) in [6.45, 7) is 8.33. The lowest BCUT2D eigenvalue weighted by Crippen LogP contribution is -2.30. The summed E-state index contributed by atoms with van der Waals surface area (Å²) >= 11 is 0. The summed E-state index contributed by atoms with van der Waals surface area (Å²) in [6, 6.07) is 7.78. The molecular weight excluding hydrogens is 354 g/mol. The summed E-state index contributed by atoms with van der Waals surface area (Å²) in [6.07, 6.45) is 2.51. The summed E-state index contributed by atoms with van der Waals surface area (Å²) in [5, 5.41) is 7.09. The number of aromatic amines is 1. The van der Waals surface area contributed by atoms with E-state index in [9.17, 15) is 4.79 Å². The van der Waals surface area contributed by atoms with Crippen LogP contribution in [-0.4, -0.2) is 26.0 Å². The molecule has 28 heavy (non-hydrogen) atoms. The number of amides is 1. The van der Waals surface area contributed by atoms with Gasteiger partial charge < -0.3 is 14.8 Å². The molecule has 0 fully saturated rings. The first-order valence-electron chi connectivity index (χ1n) is 9.99. The Kier molecular flexibility index (Phi) is 6.44. The number of fused-ring (bicyclic) bond motifs is 1. The molecule has 1 aromatic carbocycles. The monoisotopic (exact) mass is 383 g/mol. The summed E-state index contributed by atoms with van der Waals surface area (Å²) in [5.74, 6) is 2.79. The van der Waals surface area contributed by atoms with Crippen molar-refractivity contribution in [2.24, 2.45) is 5.92 Å². The number of aryl methyl sites for hydroxylation is 1. The fraction of sp³-hybridized carbons (Fsp3) is 0.524. The largest absolute Gasteiger partial charge is 0.346 e. The molecule has 3 aromatic rings. The quantitative estimate of drug-likeness (QED) is 0.574. The van der Waals surface area contributed by atoms with Crippen LogP contribution in [-0.2, 0) is 11.2 Å². The van der Waals surface area contributed by atoms with E-state index in [1.54, 1.807) is 0 Å². The first kappa shape index (κ1) is 20.0. The maximum Gasteiger partial charge on any atom is 0.226 e. The molecule has 1 amide bonds. The molecule has 0 aliphatic rings. The van der Waals surface area contributed by atoms with Gasteiger partial charge in [0, 0.05) is 18.8 Å². The van der Waals surface area contributed by atoms with Gasteiger partial charge in [0.25, 0.3) is 0 Å². The molecule has 1 unspecified atom stereocenters. The number of nitrogens with one attached hydrogen (secondary N) is 2. The number of nitrogens with zero attached hydrogens (tertiary/aromatic N) is 3. The third-order valence-electron chi connectivity index (χ3n) is 4.57. The predicted molar refractivity (Wildman–Crippen MR) is 108 cm³/mol. The second-order valence-corrected chi connectivity index (χ2v) is 7.94. The van der Waals surface area contributed by atoms with Crippen LogP contribution in [0.2, 0.25) is 0 Å². The zero-order chi connectivity index (χ0) is 20.1. The second-order valence-electron chi connectivity index (χ2n) is 7.94. The molecule has 0 saturated carbocycles. The van der Waals surface area contributed by atoms with Crippen LogP contribution in [0.4, 0.5) is 0 Å². The summed E-state index contributed by atoms with van der Waals surface area (Å²) in [5.41, 5.74) is 1.90. The van der Waals surface area contributed by atoms with Gasteiger partial charge in [-0.3, -0.25) is 4.79 Å². The van der Waals surface area contributed by atoms with Gasteiger partial charge in [0.2, 0.25) is 11.8 Å². The number of benzene rings is 1. The Morgan fingerprint density at radius 2 is 1.96 bits per heavy atom. The van der Waals surface area contributed by atoms with Crippen molar-refractivity contribution in [3.8, 4) is 0 Å². The van der Waals surface area contributed by atoms with E-state index in [2.05, 4.69) is 39.3 Å². The molecule has 2 heterocycles. The van der Waals surface area contributed by atoms with Crippen molar-refractivity contribution in [2.45, 2.75) is 65.3 Å². The van der Waals surface area contributed by atoms with E-state index in [1.807, 2.05) is 38.1 Å². The Labute approximate surface area is 165 Å². The zero-order valence-corrected chi connectivity index (χ0v) is 17.0. The van der Waals surface area contributed by atoms with Crippen LogP contribution < -0.4 is 5.32 Å². The number of H-pyrrole nitrogens is 1.